The summed E-state index contributed by atoms with van der Waals surface area (Å²) >= 11 is 0. The lowest BCUT2D eigenvalue weighted by molar-refractivity contribution is -0.0887. The molecule has 1 aromatic carbocycles. The first-order valence-corrected chi connectivity index (χ1v) is 8.98. The van der Waals surface area contributed by atoms with Crippen LogP contribution in [0.25, 0.3) is 10.9 Å². The van der Waals surface area contributed by atoms with Crippen molar-refractivity contribution < 1.29 is 14.6 Å². The Morgan fingerprint density at radius 1 is 1.36 bits per heavy atom. The molecule has 0 aliphatic carbocycles. The third-order valence-electron chi connectivity index (χ3n) is 4.91. The number of aromatic nitrogens is 1. The summed E-state index contributed by atoms with van der Waals surface area (Å²) in [5.74, 6) is -0.145. The van der Waals surface area contributed by atoms with Crippen molar-refractivity contribution in [2.75, 3.05) is 19.8 Å². The van der Waals surface area contributed by atoms with E-state index in [-0.39, 0.29) is 11.3 Å². The number of fused-ring (bicyclic) bond motifs is 1. The molecular formula is C20H28N2O3. The Kier molecular flexibility index (Phi) is 4.89. The molecule has 2 heterocycles. The standard InChI is InChI=1S/C20H28N2O3/c1-19(2,3)15-5-6-16-14(11-15)12-17(22-16)18(23)21-9-8-20(24)7-4-10-25-13-20/h5-6,11-12,22,24H,4,7-10,13H2,1-3H3,(H,21,23). The van der Waals surface area contributed by atoms with Crippen LogP contribution in [0.15, 0.2) is 24.3 Å². The van der Waals surface area contributed by atoms with Crippen molar-refractivity contribution >= 4 is 16.8 Å². The molecule has 0 bridgehead atoms. The van der Waals surface area contributed by atoms with Crippen LogP contribution < -0.4 is 5.32 Å². The molecule has 25 heavy (non-hydrogen) atoms. The van der Waals surface area contributed by atoms with E-state index in [1.165, 1.54) is 5.56 Å². The Morgan fingerprint density at radius 3 is 2.84 bits per heavy atom. The highest BCUT2D eigenvalue weighted by molar-refractivity contribution is 5.98. The van der Waals surface area contributed by atoms with Crippen molar-refractivity contribution in [3.05, 3.63) is 35.5 Å². The first-order valence-electron chi connectivity index (χ1n) is 8.98. The molecule has 5 nitrogen and oxygen atoms in total. The van der Waals surface area contributed by atoms with Gasteiger partial charge in [0.1, 0.15) is 5.69 Å². The molecule has 1 amide bonds. The summed E-state index contributed by atoms with van der Waals surface area (Å²) in [5.41, 5.74) is 2.01. The van der Waals surface area contributed by atoms with Crippen LogP contribution >= 0.6 is 0 Å². The molecule has 0 radical (unpaired) electrons. The molecule has 1 aliphatic rings. The number of hydrogen-bond donors (Lipinski definition) is 3. The van der Waals surface area contributed by atoms with Crippen molar-refractivity contribution in [3.8, 4) is 0 Å². The molecule has 1 aromatic heterocycles. The number of aliphatic hydroxyl groups is 1. The highest BCUT2D eigenvalue weighted by Gasteiger charge is 2.29. The van der Waals surface area contributed by atoms with Crippen molar-refractivity contribution in [2.45, 2.75) is 51.0 Å². The molecule has 1 saturated heterocycles. The Labute approximate surface area is 148 Å². The SMILES string of the molecule is CC(C)(C)c1ccc2[nH]c(C(=O)NCCC3(O)CCCOC3)cc2c1. The second-order valence-corrected chi connectivity index (χ2v) is 8.12. The number of carbonyl (C=O) groups excluding carboxylic acids is 1. The zero-order valence-corrected chi connectivity index (χ0v) is 15.3. The maximum atomic E-state index is 12.4. The predicted octanol–water partition coefficient (Wildman–Crippen LogP) is 3.13. The molecule has 1 fully saturated rings. The Morgan fingerprint density at radius 2 is 2.16 bits per heavy atom. The van der Waals surface area contributed by atoms with Crippen LogP contribution in [0.3, 0.4) is 0 Å². The summed E-state index contributed by atoms with van der Waals surface area (Å²) < 4.78 is 5.34. The number of ether oxygens (including phenoxy) is 1. The minimum absolute atomic E-state index is 0.0748. The number of amides is 1. The van der Waals surface area contributed by atoms with Crippen LogP contribution in [0.2, 0.25) is 0 Å². The molecule has 3 N–H and O–H groups in total. The molecule has 0 saturated carbocycles. The van der Waals surface area contributed by atoms with Crippen LogP contribution in [0.4, 0.5) is 0 Å². The van der Waals surface area contributed by atoms with Crippen LogP contribution in [0, 0.1) is 0 Å². The fourth-order valence-corrected chi connectivity index (χ4v) is 3.26. The predicted molar refractivity (Wildman–Crippen MR) is 99.0 cm³/mol. The summed E-state index contributed by atoms with van der Waals surface area (Å²) in [6.07, 6.45) is 2.10. The molecule has 0 spiro atoms. The number of carbonyl (C=O) groups is 1. The fourth-order valence-electron chi connectivity index (χ4n) is 3.26. The van der Waals surface area contributed by atoms with Crippen LogP contribution in [-0.2, 0) is 10.2 Å². The summed E-state index contributed by atoms with van der Waals surface area (Å²) in [6, 6.07) is 8.14. The van der Waals surface area contributed by atoms with Crippen molar-refractivity contribution in [3.63, 3.8) is 0 Å². The van der Waals surface area contributed by atoms with E-state index in [0.29, 0.717) is 31.9 Å². The van der Waals surface area contributed by atoms with Gasteiger partial charge in [0.25, 0.3) is 5.91 Å². The molecule has 1 unspecified atom stereocenters. The largest absolute Gasteiger partial charge is 0.387 e. The van der Waals surface area contributed by atoms with Gasteiger partial charge in [0.05, 0.1) is 12.2 Å². The third kappa shape index (κ3) is 4.22. The van der Waals surface area contributed by atoms with Crippen LogP contribution in [0.1, 0.15) is 56.1 Å². The molecular weight excluding hydrogens is 316 g/mol. The van der Waals surface area contributed by atoms with Crippen molar-refractivity contribution in [2.24, 2.45) is 0 Å². The highest BCUT2D eigenvalue weighted by Crippen LogP contribution is 2.26. The van der Waals surface area contributed by atoms with Gasteiger partial charge in [-0.3, -0.25) is 4.79 Å². The van der Waals surface area contributed by atoms with Gasteiger partial charge in [-0.1, -0.05) is 26.8 Å². The van der Waals surface area contributed by atoms with Gasteiger partial charge in [0.15, 0.2) is 0 Å². The Hall–Kier alpha value is -1.85. The van der Waals surface area contributed by atoms with Gasteiger partial charge in [-0.05, 0) is 48.4 Å². The van der Waals surface area contributed by atoms with Crippen LogP contribution in [0.5, 0.6) is 0 Å². The fraction of sp³-hybridized carbons (Fsp3) is 0.550. The van der Waals surface area contributed by atoms with Gasteiger partial charge in [0, 0.05) is 24.1 Å². The van der Waals surface area contributed by atoms with E-state index in [0.717, 1.165) is 23.7 Å². The van der Waals surface area contributed by atoms with E-state index in [4.69, 9.17) is 4.74 Å². The number of rotatable bonds is 4. The minimum atomic E-state index is -0.812. The van der Waals surface area contributed by atoms with E-state index >= 15 is 0 Å². The number of aromatic amines is 1. The van der Waals surface area contributed by atoms with E-state index in [1.54, 1.807) is 0 Å². The van der Waals surface area contributed by atoms with E-state index in [1.807, 2.05) is 12.1 Å². The second kappa shape index (κ2) is 6.81. The molecule has 5 heteroatoms. The van der Waals surface area contributed by atoms with E-state index in [2.05, 4.69) is 43.2 Å². The lowest BCUT2D eigenvalue weighted by atomic mass is 9.86. The molecule has 1 atom stereocenters. The summed E-state index contributed by atoms with van der Waals surface area (Å²) in [4.78, 5) is 15.6. The number of H-pyrrole nitrogens is 1. The lowest BCUT2D eigenvalue weighted by Crippen LogP contribution is -2.41. The summed E-state index contributed by atoms with van der Waals surface area (Å²) in [6.45, 7) is 8.02. The smallest absolute Gasteiger partial charge is 0.267 e. The molecule has 136 valence electrons. The van der Waals surface area contributed by atoms with Crippen molar-refractivity contribution in [1.82, 2.24) is 10.3 Å². The molecule has 1 aliphatic heterocycles. The zero-order valence-electron chi connectivity index (χ0n) is 15.3. The van der Waals surface area contributed by atoms with E-state index < -0.39 is 5.60 Å². The second-order valence-electron chi connectivity index (χ2n) is 8.12. The first-order chi connectivity index (χ1) is 11.8. The topological polar surface area (TPSA) is 74.4 Å². The van der Waals surface area contributed by atoms with Crippen molar-refractivity contribution in [1.29, 1.82) is 0 Å². The average molecular weight is 344 g/mol. The van der Waals surface area contributed by atoms with Gasteiger partial charge in [-0.2, -0.15) is 0 Å². The van der Waals surface area contributed by atoms with Gasteiger partial charge >= 0.3 is 0 Å². The number of benzene rings is 1. The lowest BCUT2D eigenvalue weighted by Gasteiger charge is -2.31. The maximum absolute atomic E-state index is 12.4. The van der Waals surface area contributed by atoms with Gasteiger partial charge in [0.2, 0.25) is 0 Å². The van der Waals surface area contributed by atoms with E-state index in [9.17, 15) is 9.90 Å². The van der Waals surface area contributed by atoms with Gasteiger partial charge in [-0.25, -0.2) is 0 Å². The normalized spacial score (nSPS) is 21.4. The quantitative estimate of drug-likeness (QED) is 0.798. The average Bonchev–Trinajstić information content (AvgIpc) is 2.97. The summed E-state index contributed by atoms with van der Waals surface area (Å²) in [5, 5.41) is 14.3. The van der Waals surface area contributed by atoms with Gasteiger partial charge < -0.3 is 20.1 Å². The monoisotopic (exact) mass is 344 g/mol. The highest BCUT2D eigenvalue weighted by atomic mass is 16.5. The Bertz CT molecular complexity index is 752. The maximum Gasteiger partial charge on any atom is 0.267 e. The summed E-state index contributed by atoms with van der Waals surface area (Å²) in [7, 11) is 0. The van der Waals surface area contributed by atoms with Crippen LogP contribution in [-0.4, -0.2) is 41.4 Å². The number of hydrogen-bond acceptors (Lipinski definition) is 3. The van der Waals surface area contributed by atoms with Gasteiger partial charge in [-0.15, -0.1) is 0 Å². The number of nitrogens with one attached hydrogen (secondary N) is 2. The zero-order chi connectivity index (χ0) is 18.1. The third-order valence-corrected chi connectivity index (χ3v) is 4.91. The molecule has 2 aromatic rings. The molecule has 3 rings (SSSR count). The minimum Gasteiger partial charge on any atom is -0.387 e. The first kappa shape index (κ1) is 18.0. The Balaban J connectivity index is 1.64.